The van der Waals surface area contributed by atoms with E-state index < -0.39 is 0 Å². The summed E-state index contributed by atoms with van der Waals surface area (Å²) in [5.41, 5.74) is 3.59. The third-order valence-electron chi connectivity index (χ3n) is 7.44. The molecule has 1 atom stereocenters. The van der Waals surface area contributed by atoms with Gasteiger partial charge in [-0.15, -0.1) is 0 Å². The van der Waals surface area contributed by atoms with Gasteiger partial charge in [-0.1, -0.05) is 42.5 Å². The first-order chi connectivity index (χ1) is 19.0. The van der Waals surface area contributed by atoms with Crippen LogP contribution in [0.25, 0.3) is 11.0 Å². The molecule has 2 amide bonds. The smallest absolute Gasteiger partial charge is 0.243 e. The molecule has 0 spiro atoms. The van der Waals surface area contributed by atoms with Gasteiger partial charge < -0.3 is 23.8 Å². The number of hydrogen-bond donors (Lipinski definition) is 0. The topological polar surface area (TPSA) is 76.9 Å². The Hall–Kier alpha value is -4.33. The average molecular weight is 525 g/mol. The maximum Gasteiger partial charge on any atom is 0.243 e. The van der Waals surface area contributed by atoms with Gasteiger partial charge >= 0.3 is 0 Å². The molecule has 1 aromatic heterocycles. The summed E-state index contributed by atoms with van der Waals surface area (Å²) in [5.74, 6) is 2.01. The molecule has 0 radical (unpaired) electrons. The Balaban J connectivity index is 1.29. The number of para-hydroxylation sites is 2. The molecule has 6 rings (SSSR count). The molecular weight excluding hydrogens is 492 g/mol. The maximum absolute atomic E-state index is 13.7. The second-order valence-corrected chi connectivity index (χ2v) is 10.4. The largest absolute Gasteiger partial charge is 0.486 e. The van der Waals surface area contributed by atoms with Crippen molar-refractivity contribution in [2.45, 2.75) is 45.3 Å². The summed E-state index contributed by atoms with van der Waals surface area (Å²) >= 11 is 0. The number of hydrogen-bond acceptors (Lipinski definition) is 5. The van der Waals surface area contributed by atoms with Crippen LogP contribution in [0.5, 0.6) is 11.5 Å². The fraction of sp³-hybridized carbons (Fsp3) is 0.323. The van der Waals surface area contributed by atoms with Gasteiger partial charge in [0, 0.05) is 43.2 Å². The summed E-state index contributed by atoms with van der Waals surface area (Å²) < 4.78 is 13.4. The minimum Gasteiger partial charge on any atom is -0.486 e. The van der Waals surface area contributed by atoms with E-state index >= 15 is 0 Å². The van der Waals surface area contributed by atoms with Crippen LogP contribution in [0.4, 0.5) is 5.69 Å². The number of nitrogens with zero attached hydrogens (tertiary/aromatic N) is 4. The number of benzene rings is 3. The fourth-order valence-corrected chi connectivity index (χ4v) is 5.47. The van der Waals surface area contributed by atoms with Crippen molar-refractivity contribution in [3.8, 4) is 11.5 Å². The molecule has 0 aliphatic carbocycles. The van der Waals surface area contributed by atoms with E-state index in [9.17, 15) is 9.59 Å². The van der Waals surface area contributed by atoms with E-state index in [0.717, 1.165) is 28.1 Å². The van der Waals surface area contributed by atoms with Crippen molar-refractivity contribution in [2.75, 3.05) is 24.7 Å². The molecule has 0 N–H and O–H groups in total. The van der Waals surface area contributed by atoms with Crippen molar-refractivity contribution in [3.05, 3.63) is 84.2 Å². The summed E-state index contributed by atoms with van der Waals surface area (Å²) in [6.45, 7) is 6.26. The van der Waals surface area contributed by atoms with E-state index in [1.165, 1.54) is 0 Å². The van der Waals surface area contributed by atoms with Gasteiger partial charge in [0.2, 0.25) is 11.8 Å². The molecule has 1 saturated heterocycles. The van der Waals surface area contributed by atoms with E-state index in [0.29, 0.717) is 44.2 Å². The van der Waals surface area contributed by atoms with E-state index in [1.807, 2.05) is 96.1 Å². The number of anilines is 1. The lowest BCUT2D eigenvalue weighted by Crippen LogP contribution is -2.39. The van der Waals surface area contributed by atoms with Gasteiger partial charge in [0.25, 0.3) is 0 Å². The molecule has 3 heterocycles. The highest BCUT2D eigenvalue weighted by molar-refractivity contribution is 5.97. The lowest BCUT2D eigenvalue weighted by molar-refractivity contribution is -0.134. The first kappa shape index (κ1) is 25.0. The summed E-state index contributed by atoms with van der Waals surface area (Å²) in [6.07, 6.45) is 0.323. The molecule has 1 unspecified atom stereocenters. The lowest BCUT2D eigenvalue weighted by Gasteiger charge is -2.28. The molecule has 4 aromatic rings. The van der Waals surface area contributed by atoms with Gasteiger partial charge in [0.15, 0.2) is 11.5 Å². The Kier molecular flexibility index (Phi) is 6.69. The molecule has 8 nitrogen and oxygen atoms in total. The molecule has 2 aliphatic heterocycles. The quantitative estimate of drug-likeness (QED) is 0.348. The fourth-order valence-electron chi connectivity index (χ4n) is 5.47. The molecule has 200 valence electrons. The predicted octanol–water partition coefficient (Wildman–Crippen LogP) is 4.77. The number of imidazole rings is 1. The van der Waals surface area contributed by atoms with Gasteiger partial charge in [0.05, 0.1) is 11.0 Å². The Bertz CT molecular complexity index is 1510. The van der Waals surface area contributed by atoms with Crippen molar-refractivity contribution in [1.29, 1.82) is 0 Å². The van der Waals surface area contributed by atoms with Crippen LogP contribution >= 0.6 is 0 Å². The normalized spacial score (nSPS) is 16.7. The zero-order valence-corrected chi connectivity index (χ0v) is 22.2. The molecule has 2 aliphatic rings. The van der Waals surface area contributed by atoms with Crippen LogP contribution in [-0.2, 0) is 22.7 Å². The molecule has 8 heteroatoms. The van der Waals surface area contributed by atoms with Crippen LogP contribution in [0.15, 0.2) is 72.8 Å². The van der Waals surface area contributed by atoms with E-state index in [2.05, 4.69) is 0 Å². The average Bonchev–Trinajstić information content (AvgIpc) is 3.52. The zero-order chi connectivity index (χ0) is 26.9. The number of carbonyl (C=O) groups is 2. The highest BCUT2D eigenvalue weighted by Gasteiger charge is 2.36. The SMILES string of the molecule is CC(C)N(Cc1ccccc1)C(=O)Cn1c(C2CC(=O)N(c3ccc4c(c3)OCCO4)C2)nc2ccccc21. The van der Waals surface area contributed by atoms with E-state index in [1.54, 1.807) is 4.90 Å². The standard InChI is InChI=1S/C31H32N4O4/c1-21(2)33(18-22-8-4-3-5-9-22)30(37)20-35-26-11-7-6-10-25(26)32-31(35)23-16-29(36)34(19-23)24-12-13-27-28(17-24)39-15-14-38-27/h3-13,17,21,23H,14-16,18-20H2,1-2H3. The maximum atomic E-state index is 13.7. The van der Waals surface area contributed by atoms with Crippen molar-refractivity contribution in [3.63, 3.8) is 0 Å². The number of fused-ring (bicyclic) bond motifs is 2. The molecule has 3 aromatic carbocycles. The Labute approximate surface area is 227 Å². The van der Waals surface area contributed by atoms with Crippen molar-refractivity contribution >= 4 is 28.5 Å². The van der Waals surface area contributed by atoms with Crippen LogP contribution in [0.2, 0.25) is 0 Å². The van der Waals surface area contributed by atoms with E-state index in [4.69, 9.17) is 14.5 Å². The summed E-state index contributed by atoms with van der Waals surface area (Å²) in [7, 11) is 0. The number of rotatable bonds is 7. The number of carbonyl (C=O) groups excluding carboxylic acids is 2. The molecule has 0 saturated carbocycles. The second-order valence-electron chi connectivity index (χ2n) is 10.4. The Morgan fingerprint density at radius 1 is 1.00 bits per heavy atom. The Morgan fingerprint density at radius 3 is 2.54 bits per heavy atom. The van der Waals surface area contributed by atoms with Gasteiger partial charge in [-0.05, 0) is 43.7 Å². The summed E-state index contributed by atoms with van der Waals surface area (Å²) in [4.78, 5) is 35.6. The van der Waals surface area contributed by atoms with Crippen LogP contribution in [0.1, 0.15) is 37.6 Å². The van der Waals surface area contributed by atoms with Crippen LogP contribution in [0, 0.1) is 0 Å². The predicted molar refractivity (Wildman–Crippen MR) is 149 cm³/mol. The summed E-state index contributed by atoms with van der Waals surface area (Å²) in [5, 5.41) is 0. The van der Waals surface area contributed by atoms with Gasteiger partial charge in [0.1, 0.15) is 25.6 Å². The zero-order valence-electron chi connectivity index (χ0n) is 22.2. The number of aromatic nitrogens is 2. The third-order valence-corrected chi connectivity index (χ3v) is 7.44. The number of ether oxygens (including phenoxy) is 2. The van der Waals surface area contributed by atoms with Gasteiger partial charge in [-0.2, -0.15) is 0 Å². The van der Waals surface area contributed by atoms with Crippen LogP contribution < -0.4 is 14.4 Å². The molecular formula is C31H32N4O4. The third kappa shape index (κ3) is 4.94. The van der Waals surface area contributed by atoms with E-state index in [-0.39, 0.29) is 30.3 Å². The lowest BCUT2D eigenvalue weighted by atomic mass is 10.1. The monoisotopic (exact) mass is 524 g/mol. The van der Waals surface area contributed by atoms with Crippen LogP contribution in [0.3, 0.4) is 0 Å². The Morgan fingerprint density at radius 2 is 1.74 bits per heavy atom. The highest BCUT2D eigenvalue weighted by atomic mass is 16.6. The van der Waals surface area contributed by atoms with Crippen molar-refractivity contribution in [2.24, 2.45) is 0 Å². The highest BCUT2D eigenvalue weighted by Crippen LogP contribution is 2.38. The van der Waals surface area contributed by atoms with Crippen molar-refractivity contribution < 1.29 is 19.1 Å². The number of amides is 2. The van der Waals surface area contributed by atoms with Crippen molar-refractivity contribution in [1.82, 2.24) is 14.5 Å². The van der Waals surface area contributed by atoms with Gasteiger partial charge in [-0.25, -0.2) is 4.98 Å². The minimum atomic E-state index is -0.146. The first-order valence-electron chi connectivity index (χ1n) is 13.5. The second kappa shape index (κ2) is 10.4. The molecule has 39 heavy (non-hydrogen) atoms. The van der Waals surface area contributed by atoms with Crippen LogP contribution in [-0.4, -0.2) is 52.1 Å². The minimum absolute atomic E-state index is 0.0197. The first-order valence-corrected chi connectivity index (χ1v) is 13.5. The van der Waals surface area contributed by atoms with Gasteiger partial charge in [-0.3, -0.25) is 9.59 Å². The molecule has 0 bridgehead atoms. The summed E-state index contributed by atoms with van der Waals surface area (Å²) in [6, 6.07) is 23.5. The molecule has 1 fully saturated rings.